The highest BCUT2D eigenvalue weighted by Gasteiger charge is 2.30. The van der Waals surface area contributed by atoms with E-state index < -0.39 is 0 Å². The van der Waals surface area contributed by atoms with E-state index in [0.29, 0.717) is 12.1 Å². The SMILES string of the molecule is CCNC1CCC(CC)CC1Oc1ccc(C)c(C)c1. The van der Waals surface area contributed by atoms with Gasteiger partial charge < -0.3 is 10.1 Å². The molecule has 0 radical (unpaired) electrons. The highest BCUT2D eigenvalue weighted by Crippen LogP contribution is 2.30. The summed E-state index contributed by atoms with van der Waals surface area (Å²) in [5, 5.41) is 3.60. The average Bonchev–Trinajstić information content (AvgIpc) is 2.45. The molecule has 1 aromatic carbocycles. The Bertz CT molecular complexity index is 429. The van der Waals surface area contributed by atoms with E-state index in [1.807, 2.05) is 0 Å². The fourth-order valence-corrected chi connectivity index (χ4v) is 3.17. The van der Waals surface area contributed by atoms with Gasteiger partial charge in [0.25, 0.3) is 0 Å². The molecule has 0 amide bonds. The summed E-state index contributed by atoms with van der Waals surface area (Å²) < 4.78 is 6.33. The summed E-state index contributed by atoms with van der Waals surface area (Å²) in [4.78, 5) is 0. The van der Waals surface area contributed by atoms with E-state index in [0.717, 1.165) is 18.2 Å². The molecule has 2 heteroatoms. The quantitative estimate of drug-likeness (QED) is 0.868. The molecule has 1 saturated carbocycles. The fourth-order valence-electron chi connectivity index (χ4n) is 3.17. The van der Waals surface area contributed by atoms with E-state index in [1.54, 1.807) is 0 Å². The second-order valence-corrected chi connectivity index (χ2v) is 6.15. The fraction of sp³-hybridized carbons (Fsp3) is 0.667. The van der Waals surface area contributed by atoms with Crippen LogP contribution in [0.15, 0.2) is 18.2 Å². The van der Waals surface area contributed by atoms with Gasteiger partial charge in [-0.3, -0.25) is 0 Å². The second kappa shape index (κ2) is 7.12. The van der Waals surface area contributed by atoms with Gasteiger partial charge in [-0.2, -0.15) is 0 Å². The highest BCUT2D eigenvalue weighted by atomic mass is 16.5. The Morgan fingerprint density at radius 1 is 1.15 bits per heavy atom. The molecule has 0 aliphatic heterocycles. The molecule has 1 aliphatic carbocycles. The topological polar surface area (TPSA) is 21.3 Å². The third-order valence-electron chi connectivity index (χ3n) is 4.71. The van der Waals surface area contributed by atoms with Crippen molar-refractivity contribution in [2.24, 2.45) is 5.92 Å². The summed E-state index contributed by atoms with van der Waals surface area (Å²) in [7, 11) is 0. The minimum absolute atomic E-state index is 0.316. The molecule has 2 nitrogen and oxygen atoms in total. The molecular weight excluding hydrogens is 246 g/mol. The van der Waals surface area contributed by atoms with Gasteiger partial charge in [-0.15, -0.1) is 0 Å². The molecule has 0 bridgehead atoms. The summed E-state index contributed by atoms with van der Waals surface area (Å²) >= 11 is 0. The summed E-state index contributed by atoms with van der Waals surface area (Å²) in [5.41, 5.74) is 2.64. The van der Waals surface area contributed by atoms with Crippen LogP contribution in [0.25, 0.3) is 0 Å². The van der Waals surface area contributed by atoms with Gasteiger partial charge in [-0.1, -0.05) is 26.3 Å². The maximum atomic E-state index is 6.33. The van der Waals surface area contributed by atoms with Crippen molar-refractivity contribution in [1.82, 2.24) is 5.32 Å². The first kappa shape index (κ1) is 15.4. The third kappa shape index (κ3) is 3.76. The molecule has 0 heterocycles. The second-order valence-electron chi connectivity index (χ2n) is 6.15. The van der Waals surface area contributed by atoms with Crippen LogP contribution in [-0.2, 0) is 0 Å². The van der Waals surface area contributed by atoms with Crippen molar-refractivity contribution in [3.63, 3.8) is 0 Å². The third-order valence-corrected chi connectivity index (χ3v) is 4.71. The van der Waals surface area contributed by atoms with Crippen LogP contribution in [0.2, 0.25) is 0 Å². The van der Waals surface area contributed by atoms with Crippen LogP contribution in [0, 0.1) is 19.8 Å². The summed E-state index contributed by atoms with van der Waals surface area (Å²) in [5.74, 6) is 1.85. The molecule has 3 unspecified atom stereocenters. The predicted octanol–water partition coefficient (Wildman–Crippen LogP) is 4.24. The van der Waals surface area contributed by atoms with Crippen molar-refractivity contribution in [2.45, 2.75) is 65.5 Å². The van der Waals surface area contributed by atoms with Crippen molar-refractivity contribution in [1.29, 1.82) is 0 Å². The van der Waals surface area contributed by atoms with Crippen molar-refractivity contribution in [3.8, 4) is 5.75 Å². The minimum atomic E-state index is 0.316. The lowest BCUT2D eigenvalue weighted by Crippen LogP contribution is -2.47. The smallest absolute Gasteiger partial charge is 0.120 e. The van der Waals surface area contributed by atoms with E-state index >= 15 is 0 Å². The van der Waals surface area contributed by atoms with Gasteiger partial charge in [0.1, 0.15) is 11.9 Å². The van der Waals surface area contributed by atoms with Gasteiger partial charge >= 0.3 is 0 Å². The number of rotatable bonds is 5. The molecule has 112 valence electrons. The van der Waals surface area contributed by atoms with Crippen LogP contribution < -0.4 is 10.1 Å². The normalized spacial score (nSPS) is 26.5. The lowest BCUT2D eigenvalue weighted by Gasteiger charge is -2.36. The Balaban J connectivity index is 2.07. The van der Waals surface area contributed by atoms with Gasteiger partial charge in [0.2, 0.25) is 0 Å². The van der Waals surface area contributed by atoms with Crippen molar-refractivity contribution in [2.75, 3.05) is 6.54 Å². The number of hydrogen-bond donors (Lipinski definition) is 1. The first-order valence-corrected chi connectivity index (χ1v) is 8.11. The van der Waals surface area contributed by atoms with Crippen molar-refractivity contribution in [3.05, 3.63) is 29.3 Å². The van der Waals surface area contributed by atoms with Crippen LogP contribution >= 0.6 is 0 Å². The summed E-state index contributed by atoms with van der Waals surface area (Å²) in [6.07, 6.45) is 5.34. The zero-order chi connectivity index (χ0) is 14.5. The summed E-state index contributed by atoms with van der Waals surface area (Å²) in [6, 6.07) is 6.95. The van der Waals surface area contributed by atoms with Crippen LogP contribution in [0.4, 0.5) is 0 Å². The highest BCUT2D eigenvalue weighted by molar-refractivity contribution is 5.34. The molecule has 1 aromatic rings. The maximum absolute atomic E-state index is 6.33. The van der Waals surface area contributed by atoms with E-state index in [1.165, 1.54) is 36.8 Å². The largest absolute Gasteiger partial charge is 0.489 e. The standard InChI is InChI=1S/C18H29NO/c1-5-15-8-10-17(19-6-2)18(12-15)20-16-9-7-13(3)14(4)11-16/h7,9,11,15,17-19H,5-6,8,10,12H2,1-4H3. The first-order valence-electron chi connectivity index (χ1n) is 8.11. The van der Waals surface area contributed by atoms with E-state index in [9.17, 15) is 0 Å². The van der Waals surface area contributed by atoms with Gasteiger partial charge in [0.05, 0.1) is 0 Å². The number of nitrogens with one attached hydrogen (secondary N) is 1. The number of benzene rings is 1. The lowest BCUT2D eigenvalue weighted by atomic mass is 9.82. The van der Waals surface area contributed by atoms with Crippen LogP contribution in [0.5, 0.6) is 5.75 Å². The Morgan fingerprint density at radius 2 is 1.95 bits per heavy atom. The zero-order valence-corrected chi connectivity index (χ0v) is 13.4. The van der Waals surface area contributed by atoms with Crippen LogP contribution in [0.3, 0.4) is 0 Å². The molecule has 0 spiro atoms. The molecule has 2 rings (SSSR count). The Kier molecular flexibility index (Phi) is 5.47. The molecule has 1 fully saturated rings. The summed E-state index contributed by atoms with van der Waals surface area (Å²) in [6.45, 7) is 9.80. The average molecular weight is 275 g/mol. The van der Waals surface area contributed by atoms with Crippen molar-refractivity contribution >= 4 is 0 Å². The van der Waals surface area contributed by atoms with E-state index in [-0.39, 0.29) is 0 Å². The minimum Gasteiger partial charge on any atom is -0.489 e. The van der Waals surface area contributed by atoms with Crippen LogP contribution in [-0.4, -0.2) is 18.7 Å². The predicted molar refractivity (Wildman–Crippen MR) is 85.4 cm³/mol. The number of ether oxygens (including phenoxy) is 1. The van der Waals surface area contributed by atoms with Gasteiger partial charge in [-0.05, 0) is 68.8 Å². The van der Waals surface area contributed by atoms with Gasteiger partial charge in [0.15, 0.2) is 0 Å². The van der Waals surface area contributed by atoms with E-state index in [4.69, 9.17) is 4.74 Å². The van der Waals surface area contributed by atoms with E-state index in [2.05, 4.69) is 51.2 Å². The molecule has 1 N–H and O–H groups in total. The Morgan fingerprint density at radius 3 is 2.60 bits per heavy atom. The molecular formula is C18H29NO. The van der Waals surface area contributed by atoms with Crippen LogP contribution in [0.1, 0.15) is 50.7 Å². The number of aryl methyl sites for hydroxylation is 2. The van der Waals surface area contributed by atoms with Gasteiger partial charge in [-0.25, -0.2) is 0 Å². The monoisotopic (exact) mass is 275 g/mol. The number of likely N-dealkylation sites (N-methyl/N-ethyl adjacent to an activating group) is 1. The Hall–Kier alpha value is -1.02. The molecule has 20 heavy (non-hydrogen) atoms. The maximum Gasteiger partial charge on any atom is 0.120 e. The molecule has 1 aliphatic rings. The lowest BCUT2D eigenvalue weighted by molar-refractivity contribution is 0.0856. The first-order chi connectivity index (χ1) is 9.63. The zero-order valence-electron chi connectivity index (χ0n) is 13.4. The van der Waals surface area contributed by atoms with Gasteiger partial charge in [0, 0.05) is 6.04 Å². The molecule has 3 atom stereocenters. The molecule has 0 saturated heterocycles. The van der Waals surface area contributed by atoms with Crippen molar-refractivity contribution < 1.29 is 4.74 Å². The Labute approximate surface area is 123 Å². The number of hydrogen-bond acceptors (Lipinski definition) is 2. The molecule has 0 aromatic heterocycles.